The molecule has 1 aliphatic heterocycles. The van der Waals surface area contributed by atoms with Gasteiger partial charge in [0.05, 0.1) is 4.92 Å². The first-order valence-corrected chi connectivity index (χ1v) is 6.08. The van der Waals surface area contributed by atoms with Crippen LogP contribution in [-0.2, 0) is 0 Å². The summed E-state index contributed by atoms with van der Waals surface area (Å²) >= 11 is 0. The predicted octanol–water partition coefficient (Wildman–Crippen LogP) is 1.24. The second-order valence-electron chi connectivity index (χ2n) is 4.27. The van der Waals surface area contributed by atoms with Crippen molar-refractivity contribution in [3.8, 4) is 0 Å². The molecule has 0 spiro atoms. The van der Waals surface area contributed by atoms with Crippen molar-refractivity contribution in [3.63, 3.8) is 0 Å². The molecule has 0 radical (unpaired) electrons. The third-order valence-electron chi connectivity index (χ3n) is 2.98. The van der Waals surface area contributed by atoms with E-state index >= 15 is 0 Å². The van der Waals surface area contributed by atoms with Crippen LogP contribution in [-0.4, -0.2) is 30.5 Å². The smallest absolute Gasteiger partial charge is 0.282 e. The molecule has 100 valence electrons. The second kappa shape index (κ2) is 6.10. The average molecular weight is 261 g/mol. The fraction of sp³-hybridized carbons (Fsp3) is 0.308. The van der Waals surface area contributed by atoms with Crippen molar-refractivity contribution in [3.05, 3.63) is 51.6 Å². The quantitative estimate of drug-likeness (QED) is 0.485. The number of nitro groups is 1. The summed E-state index contributed by atoms with van der Waals surface area (Å²) < 4.78 is 0. The van der Waals surface area contributed by atoms with E-state index in [2.05, 4.69) is 10.6 Å². The molecule has 19 heavy (non-hydrogen) atoms. The zero-order valence-corrected chi connectivity index (χ0v) is 10.4. The van der Waals surface area contributed by atoms with Gasteiger partial charge in [-0.15, -0.1) is 0 Å². The Bertz CT molecular complexity index is 526. The van der Waals surface area contributed by atoms with Gasteiger partial charge < -0.3 is 10.6 Å². The highest BCUT2D eigenvalue weighted by Crippen LogP contribution is 2.17. The van der Waals surface area contributed by atoms with Crippen molar-refractivity contribution >= 4 is 11.6 Å². The van der Waals surface area contributed by atoms with Crippen molar-refractivity contribution < 1.29 is 9.72 Å². The lowest BCUT2D eigenvalue weighted by molar-refractivity contribution is -0.385. The molecule has 6 nitrogen and oxygen atoms in total. The van der Waals surface area contributed by atoms with E-state index in [0.29, 0.717) is 6.54 Å². The van der Waals surface area contributed by atoms with Crippen LogP contribution in [0.2, 0.25) is 0 Å². The Labute approximate surface area is 110 Å². The summed E-state index contributed by atoms with van der Waals surface area (Å²) in [5.41, 5.74) is 1.08. The molecule has 1 aromatic carbocycles. The van der Waals surface area contributed by atoms with Crippen LogP contribution in [0, 0.1) is 10.1 Å². The number of nitro benzene ring substituents is 1. The standard InChI is InChI=1S/C13H15N3O3/c17-13(15-9-10-5-7-14-8-6-10)11-3-1-2-4-12(11)16(18)19/h1-5,14H,6-9H2,(H,15,17). The predicted molar refractivity (Wildman–Crippen MR) is 71.0 cm³/mol. The molecule has 1 aromatic rings. The van der Waals surface area contributed by atoms with Gasteiger partial charge in [0, 0.05) is 19.2 Å². The van der Waals surface area contributed by atoms with E-state index in [1.807, 2.05) is 6.08 Å². The minimum absolute atomic E-state index is 0.0991. The van der Waals surface area contributed by atoms with Gasteiger partial charge in [0.15, 0.2) is 0 Å². The molecular weight excluding hydrogens is 246 g/mol. The summed E-state index contributed by atoms with van der Waals surface area (Å²) in [7, 11) is 0. The van der Waals surface area contributed by atoms with E-state index in [1.54, 1.807) is 12.1 Å². The minimum atomic E-state index is -0.543. The van der Waals surface area contributed by atoms with Crippen molar-refractivity contribution in [2.45, 2.75) is 6.42 Å². The Hall–Kier alpha value is -2.21. The molecule has 1 heterocycles. The molecule has 0 saturated heterocycles. The first-order valence-electron chi connectivity index (χ1n) is 6.08. The number of nitrogens with zero attached hydrogens (tertiary/aromatic N) is 1. The summed E-state index contributed by atoms with van der Waals surface area (Å²) in [5.74, 6) is -0.410. The highest BCUT2D eigenvalue weighted by molar-refractivity contribution is 5.98. The molecule has 0 bridgehead atoms. The maximum atomic E-state index is 12.0. The van der Waals surface area contributed by atoms with Gasteiger partial charge >= 0.3 is 0 Å². The van der Waals surface area contributed by atoms with Crippen LogP contribution in [0.4, 0.5) is 5.69 Å². The van der Waals surface area contributed by atoms with Gasteiger partial charge in [0.2, 0.25) is 0 Å². The van der Waals surface area contributed by atoms with E-state index in [4.69, 9.17) is 0 Å². The van der Waals surface area contributed by atoms with Crippen molar-refractivity contribution in [1.29, 1.82) is 0 Å². The second-order valence-corrected chi connectivity index (χ2v) is 4.27. The lowest BCUT2D eigenvalue weighted by Gasteiger charge is -2.14. The Kier molecular flexibility index (Phi) is 4.25. The SMILES string of the molecule is O=C(NCC1=CCNCC1)c1ccccc1[N+](=O)[O-]. The lowest BCUT2D eigenvalue weighted by Crippen LogP contribution is -2.30. The normalized spacial score (nSPS) is 14.6. The molecule has 0 atom stereocenters. The first-order chi connectivity index (χ1) is 9.18. The summed E-state index contributed by atoms with van der Waals surface area (Å²) in [4.78, 5) is 22.2. The molecular formula is C13H15N3O3. The monoisotopic (exact) mass is 261 g/mol. The third-order valence-corrected chi connectivity index (χ3v) is 2.98. The number of hydrogen-bond donors (Lipinski definition) is 2. The van der Waals surface area contributed by atoms with Crippen LogP contribution in [0.15, 0.2) is 35.9 Å². The van der Waals surface area contributed by atoms with E-state index in [9.17, 15) is 14.9 Å². The van der Waals surface area contributed by atoms with E-state index in [1.165, 1.54) is 12.1 Å². The number of carbonyl (C=O) groups excluding carboxylic acids is 1. The Morgan fingerprint density at radius 1 is 1.42 bits per heavy atom. The number of rotatable bonds is 4. The van der Waals surface area contributed by atoms with Gasteiger partial charge in [0.1, 0.15) is 5.56 Å². The molecule has 0 aliphatic carbocycles. The summed E-state index contributed by atoms with van der Waals surface area (Å²) in [5, 5.41) is 16.7. The van der Waals surface area contributed by atoms with Gasteiger partial charge in [-0.1, -0.05) is 23.8 Å². The molecule has 0 aromatic heterocycles. The number of hydrogen-bond acceptors (Lipinski definition) is 4. The number of nitrogens with one attached hydrogen (secondary N) is 2. The van der Waals surface area contributed by atoms with Crippen LogP contribution in [0.1, 0.15) is 16.8 Å². The van der Waals surface area contributed by atoms with Crippen LogP contribution < -0.4 is 10.6 Å². The van der Waals surface area contributed by atoms with Crippen LogP contribution in [0.3, 0.4) is 0 Å². The summed E-state index contributed by atoms with van der Waals surface area (Å²) in [6.07, 6.45) is 2.92. The van der Waals surface area contributed by atoms with Crippen LogP contribution in [0.25, 0.3) is 0 Å². The fourth-order valence-electron chi connectivity index (χ4n) is 1.94. The number of benzene rings is 1. The third kappa shape index (κ3) is 3.38. The minimum Gasteiger partial charge on any atom is -0.348 e. The maximum Gasteiger partial charge on any atom is 0.282 e. The topological polar surface area (TPSA) is 84.3 Å². The molecule has 0 saturated carbocycles. The number of carbonyl (C=O) groups is 1. The van der Waals surface area contributed by atoms with E-state index in [-0.39, 0.29) is 11.3 Å². The molecule has 2 rings (SSSR count). The first kappa shape index (κ1) is 13.2. The molecule has 0 unspecified atom stereocenters. The fourth-order valence-corrected chi connectivity index (χ4v) is 1.94. The molecule has 2 N–H and O–H groups in total. The largest absolute Gasteiger partial charge is 0.348 e. The zero-order valence-electron chi connectivity index (χ0n) is 10.4. The van der Waals surface area contributed by atoms with Gasteiger partial charge in [-0.2, -0.15) is 0 Å². The Morgan fingerprint density at radius 3 is 2.89 bits per heavy atom. The average Bonchev–Trinajstić information content (AvgIpc) is 2.46. The van der Waals surface area contributed by atoms with Gasteiger partial charge in [-0.25, -0.2) is 0 Å². The van der Waals surface area contributed by atoms with Crippen molar-refractivity contribution in [1.82, 2.24) is 10.6 Å². The van der Waals surface area contributed by atoms with Gasteiger partial charge in [0.25, 0.3) is 11.6 Å². The number of para-hydroxylation sites is 1. The molecule has 6 heteroatoms. The lowest BCUT2D eigenvalue weighted by atomic mass is 10.1. The Morgan fingerprint density at radius 2 is 2.21 bits per heavy atom. The van der Waals surface area contributed by atoms with Gasteiger partial charge in [-0.05, 0) is 19.0 Å². The van der Waals surface area contributed by atoms with E-state index < -0.39 is 10.8 Å². The molecule has 1 amide bonds. The highest BCUT2D eigenvalue weighted by atomic mass is 16.6. The summed E-state index contributed by atoms with van der Waals surface area (Å²) in [6.45, 7) is 2.14. The van der Waals surface area contributed by atoms with Crippen molar-refractivity contribution in [2.24, 2.45) is 0 Å². The highest BCUT2D eigenvalue weighted by Gasteiger charge is 2.18. The number of amides is 1. The molecule has 0 fully saturated rings. The van der Waals surface area contributed by atoms with Crippen LogP contribution in [0.5, 0.6) is 0 Å². The van der Waals surface area contributed by atoms with Gasteiger partial charge in [-0.3, -0.25) is 14.9 Å². The maximum absolute atomic E-state index is 12.0. The molecule has 1 aliphatic rings. The zero-order chi connectivity index (χ0) is 13.7. The summed E-state index contributed by atoms with van der Waals surface area (Å²) in [6, 6.07) is 5.96. The van der Waals surface area contributed by atoms with Crippen LogP contribution >= 0.6 is 0 Å². The van der Waals surface area contributed by atoms with Crippen molar-refractivity contribution in [2.75, 3.05) is 19.6 Å². The van der Waals surface area contributed by atoms with E-state index in [0.717, 1.165) is 25.1 Å². The Balaban J connectivity index is 2.04.